The molecule has 0 saturated carbocycles. The van der Waals surface area contributed by atoms with Crippen LogP contribution in [0, 0.1) is 13.8 Å². The molecule has 0 bridgehead atoms. The molecule has 2 aromatic rings. The lowest BCUT2D eigenvalue weighted by atomic mass is 10.1. The highest BCUT2D eigenvalue weighted by molar-refractivity contribution is 5.99. The van der Waals surface area contributed by atoms with Gasteiger partial charge in [-0.15, -0.1) is 0 Å². The van der Waals surface area contributed by atoms with Gasteiger partial charge in [0.15, 0.2) is 5.76 Å². The van der Waals surface area contributed by atoms with Crippen LogP contribution in [0.2, 0.25) is 0 Å². The fraction of sp³-hybridized carbons (Fsp3) is 0.526. The Morgan fingerprint density at radius 2 is 1.96 bits per heavy atom. The molecule has 0 aliphatic carbocycles. The fourth-order valence-electron chi connectivity index (χ4n) is 3.52. The van der Waals surface area contributed by atoms with Gasteiger partial charge in [0.2, 0.25) is 0 Å². The van der Waals surface area contributed by atoms with Gasteiger partial charge in [-0.05, 0) is 25.8 Å². The van der Waals surface area contributed by atoms with Gasteiger partial charge in [0.25, 0.3) is 5.91 Å². The quantitative estimate of drug-likeness (QED) is 0.936. The minimum atomic E-state index is -0.0280. The summed E-state index contributed by atoms with van der Waals surface area (Å²) in [4.78, 5) is 17.0. The molecular formula is C19H26N2O3. The number of aryl methyl sites for hydroxylation is 2. The second kappa shape index (κ2) is 6.95. The number of nitrogens with zero attached hydrogens (tertiary/aromatic N) is 2. The summed E-state index contributed by atoms with van der Waals surface area (Å²) in [6.07, 6.45) is 0.923. The summed E-state index contributed by atoms with van der Waals surface area (Å²) in [5.74, 6) is 0.432. The van der Waals surface area contributed by atoms with Crippen molar-refractivity contribution in [3.05, 3.63) is 35.1 Å². The largest absolute Gasteiger partial charge is 0.450 e. The van der Waals surface area contributed by atoms with E-state index < -0.39 is 0 Å². The molecule has 1 aromatic heterocycles. The third-order valence-electron chi connectivity index (χ3n) is 5.15. The zero-order valence-electron chi connectivity index (χ0n) is 14.7. The molecule has 1 N–H and O–H groups in total. The second-order valence-electron chi connectivity index (χ2n) is 6.58. The van der Waals surface area contributed by atoms with E-state index in [1.807, 2.05) is 36.9 Å². The molecule has 3 rings (SSSR count). The Morgan fingerprint density at radius 1 is 1.25 bits per heavy atom. The Hall–Kier alpha value is -1.85. The summed E-state index contributed by atoms with van der Waals surface area (Å²) in [5.41, 5.74) is 2.78. The van der Waals surface area contributed by atoms with Crippen LogP contribution in [0.1, 0.15) is 35.0 Å². The van der Waals surface area contributed by atoms with Gasteiger partial charge in [-0.2, -0.15) is 0 Å². The van der Waals surface area contributed by atoms with Crippen LogP contribution in [0.4, 0.5) is 0 Å². The van der Waals surface area contributed by atoms with Crippen molar-refractivity contribution in [2.45, 2.75) is 33.2 Å². The predicted octanol–water partition coefficient (Wildman–Crippen LogP) is 2.58. The fourth-order valence-corrected chi connectivity index (χ4v) is 3.52. The Morgan fingerprint density at radius 3 is 2.54 bits per heavy atom. The maximum atomic E-state index is 12.9. The molecule has 5 heteroatoms. The number of piperazine rings is 1. The van der Waals surface area contributed by atoms with Crippen LogP contribution >= 0.6 is 0 Å². The Kier molecular flexibility index (Phi) is 4.92. The van der Waals surface area contributed by atoms with E-state index in [1.54, 1.807) is 0 Å². The molecular weight excluding hydrogens is 304 g/mol. The Balaban J connectivity index is 1.77. The molecule has 1 aromatic carbocycles. The van der Waals surface area contributed by atoms with E-state index >= 15 is 0 Å². The molecule has 1 amide bonds. The maximum Gasteiger partial charge on any atom is 0.289 e. The van der Waals surface area contributed by atoms with E-state index in [2.05, 4.69) is 11.8 Å². The minimum Gasteiger partial charge on any atom is -0.450 e. The number of benzene rings is 1. The van der Waals surface area contributed by atoms with Crippen molar-refractivity contribution in [2.75, 3.05) is 32.8 Å². The van der Waals surface area contributed by atoms with Crippen molar-refractivity contribution in [1.29, 1.82) is 0 Å². The Labute approximate surface area is 142 Å². The smallest absolute Gasteiger partial charge is 0.289 e. The maximum absolute atomic E-state index is 12.9. The van der Waals surface area contributed by atoms with Crippen molar-refractivity contribution in [2.24, 2.45) is 0 Å². The molecule has 0 radical (unpaired) electrons. The first kappa shape index (κ1) is 17.0. The first-order chi connectivity index (χ1) is 11.6. The number of hydrogen-bond donors (Lipinski definition) is 1. The normalized spacial score (nSPS) is 17.4. The van der Waals surface area contributed by atoms with Gasteiger partial charge in [0, 0.05) is 43.2 Å². The summed E-state index contributed by atoms with van der Waals surface area (Å²) in [6.45, 7) is 9.14. The number of hydrogen-bond acceptors (Lipinski definition) is 4. The van der Waals surface area contributed by atoms with Gasteiger partial charge < -0.3 is 14.4 Å². The summed E-state index contributed by atoms with van der Waals surface area (Å²) >= 11 is 0. The number of carbonyl (C=O) groups is 1. The SMILES string of the molecule is CCC(CO)N1CCN(C(=O)c2oc3c(C)cccc3c2C)CC1. The number of rotatable bonds is 4. The van der Waals surface area contributed by atoms with Crippen LogP contribution in [-0.4, -0.2) is 59.6 Å². The van der Waals surface area contributed by atoms with Gasteiger partial charge in [-0.1, -0.05) is 25.1 Å². The Bertz CT molecular complexity index is 726. The van der Waals surface area contributed by atoms with E-state index in [-0.39, 0.29) is 18.6 Å². The van der Waals surface area contributed by atoms with Crippen LogP contribution < -0.4 is 0 Å². The first-order valence-corrected chi connectivity index (χ1v) is 8.69. The van der Waals surface area contributed by atoms with E-state index in [4.69, 9.17) is 4.42 Å². The first-order valence-electron chi connectivity index (χ1n) is 8.69. The van der Waals surface area contributed by atoms with Gasteiger partial charge >= 0.3 is 0 Å². The van der Waals surface area contributed by atoms with Crippen LogP contribution in [0.5, 0.6) is 0 Å². The molecule has 0 spiro atoms. The molecule has 1 unspecified atom stereocenters. The van der Waals surface area contributed by atoms with Crippen molar-refractivity contribution in [1.82, 2.24) is 9.80 Å². The van der Waals surface area contributed by atoms with E-state index in [0.29, 0.717) is 18.8 Å². The molecule has 5 nitrogen and oxygen atoms in total. The van der Waals surface area contributed by atoms with Crippen LogP contribution in [0.3, 0.4) is 0 Å². The molecule has 1 saturated heterocycles. The number of para-hydroxylation sites is 1. The van der Waals surface area contributed by atoms with Gasteiger partial charge in [0.05, 0.1) is 6.61 Å². The molecule has 1 fully saturated rings. The zero-order valence-corrected chi connectivity index (χ0v) is 14.7. The predicted molar refractivity (Wildman–Crippen MR) is 94.3 cm³/mol. The van der Waals surface area contributed by atoms with Crippen molar-refractivity contribution in [3.8, 4) is 0 Å². The van der Waals surface area contributed by atoms with E-state index in [0.717, 1.165) is 41.6 Å². The molecule has 130 valence electrons. The number of aliphatic hydroxyl groups excluding tert-OH is 1. The summed E-state index contributed by atoms with van der Waals surface area (Å²) in [5, 5.41) is 10.5. The molecule has 2 heterocycles. The van der Waals surface area contributed by atoms with Crippen molar-refractivity contribution in [3.63, 3.8) is 0 Å². The lowest BCUT2D eigenvalue weighted by Gasteiger charge is -2.38. The number of aliphatic hydroxyl groups is 1. The highest BCUT2D eigenvalue weighted by Gasteiger charge is 2.28. The number of fused-ring (bicyclic) bond motifs is 1. The topological polar surface area (TPSA) is 56.9 Å². The number of amides is 1. The average molecular weight is 330 g/mol. The standard InChI is InChI=1S/C19H26N2O3/c1-4-15(12-22)20-8-10-21(11-9-20)19(23)18-14(3)16-7-5-6-13(2)17(16)24-18/h5-7,15,22H,4,8-12H2,1-3H3. The molecule has 1 atom stereocenters. The summed E-state index contributed by atoms with van der Waals surface area (Å²) in [6, 6.07) is 6.19. The van der Waals surface area contributed by atoms with Crippen molar-refractivity contribution < 1.29 is 14.3 Å². The van der Waals surface area contributed by atoms with Crippen LogP contribution in [0.15, 0.2) is 22.6 Å². The lowest BCUT2D eigenvalue weighted by Crippen LogP contribution is -2.52. The highest BCUT2D eigenvalue weighted by Crippen LogP contribution is 2.28. The van der Waals surface area contributed by atoms with Gasteiger partial charge in [-0.3, -0.25) is 9.69 Å². The molecule has 1 aliphatic rings. The average Bonchev–Trinajstić information content (AvgIpc) is 2.94. The van der Waals surface area contributed by atoms with Gasteiger partial charge in [-0.25, -0.2) is 0 Å². The zero-order chi connectivity index (χ0) is 17.3. The van der Waals surface area contributed by atoms with Crippen molar-refractivity contribution >= 4 is 16.9 Å². The third-order valence-corrected chi connectivity index (χ3v) is 5.15. The molecule has 1 aliphatic heterocycles. The lowest BCUT2D eigenvalue weighted by molar-refractivity contribution is 0.0450. The third kappa shape index (κ3) is 2.94. The summed E-state index contributed by atoms with van der Waals surface area (Å²) < 4.78 is 5.92. The van der Waals surface area contributed by atoms with E-state index in [9.17, 15) is 9.90 Å². The monoisotopic (exact) mass is 330 g/mol. The van der Waals surface area contributed by atoms with E-state index in [1.165, 1.54) is 0 Å². The van der Waals surface area contributed by atoms with Crippen LogP contribution in [0.25, 0.3) is 11.0 Å². The number of furan rings is 1. The highest BCUT2D eigenvalue weighted by atomic mass is 16.3. The van der Waals surface area contributed by atoms with Gasteiger partial charge in [0.1, 0.15) is 5.58 Å². The summed E-state index contributed by atoms with van der Waals surface area (Å²) in [7, 11) is 0. The second-order valence-corrected chi connectivity index (χ2v) is 6.58. The molecule has 24 heavy (non-hydrogen) atoms. The minimum absolute atomic E-state index is 0.0280. The number of carbonyl (C=O) groups excluding carboxylic acids is 1. The van der Waals surface area contributed by atoms with Crippen LogP contribution in [-0.2, 0) is 0 Å².